The summed E-state index contributed by atoms with van der Waals surface area (Å²) < 4.78 is 0. The van der Waals surface area contributed by atoms with Crippen LogP contribution >= 0.6 is 102 Å². The summed E-state index contributed by atoms with van der Waals surface area (Å²) in [6.45, 7) is 8.53. The third-order valence-electron chi connectivity index (χ3n) is 2.73. The number of nitrogens with zero attached hydrogens (tertiary/aromatic N) is 2. The third-order valence-corrected chi connectivity index (χ3v) is 2.73. The van der Waals surface area contributed by atoms with E-state index in [-0.39, 0.29) is 102 Å². The lowest BCUT2D eigenvalue weighted by Crippen LogP contribution is -2.38. The molecular weight excluding hydrogens is 696 g/mol. The molecule has 0 bridgehead atoms. The standard InChI is InChI=1S/C11H30N6.6BrH/c12-2-8-16(9-3-13)6-1-7-17(10-4-14)11-5-15;;;;;;/h1-15H2;6*1H. The highest BCUT2D eigenvalue weighted by molar-refractivity contribution is 8.93. The van der Waals surface area contributed by atoms with Crippen molar-refractivity contribution in [2.45, 2.75) is 6.42 Å². The van der Waals surface area contributed by atoms with Gasteiger partial charge in [-0.05, 0) is 19.5 Å². The molecule has 23 heavy (non-hydrogen) atoms. The molecule has 0 unspecified atom stereocenters. The van der Waals surface area contributed by atoms with Crippen LogP contribution in [-0.2, 0) is 0 Å². The van der Waals surface area contributed by atoms with Gasteiger partial charge in [-0.25, -0.2) is 0 Å². The van der Waals surface area contributed by atoms with Crippen molar-refractivity contribution < 1.29 is 0 Å². The number of nitrogens with two attached hydrogens (primary N) is 4. The van der Waals surface area contributed by atoms with Crippen LogP contribution in [0.15, 0.2) is 0 Å². The highest BCUT2D eigenvalue weighted by atomic mass is 79.9. The van der Waals surface area contributed by atoms with Crippen molar-refractivity contribution in [2.75, 3.05) is 65.4 Å². The molecule has 0 saturated carbocycles. The van der Waals surface area contributed by atoms with Gasteiger partial charge in [0.15, 0.2) is 0 Å². The van der Waals surface area contributed by atoms with Crippen LogP contribution in [0.4, 0.5) is 0 Å². The summed E-state index contributed by atoms with van der Waals surface area (Å²) in [7, 11) is 0. The van der Waals surface area contributed by atoms with Gasteiger partial charge < -0.3 is 32.7 Å². The van der Waals surface area contributed by atoms with E-state index in [1.54, 1.807) is 0 Å². The molecule has 0 fully saturated rings. The van der Waals surface area contributed by atoms with Gasteiger partial charge in [-0.15, -0.1) is 102 Å². The Labute approximate surface area is 204 Å². The molecule has 0 aromatic rings. The van der Waals surface area contributed by atoms with E-state index < -0.39 is 0 Å². The molecule has 0 aromatic heterocycles. The van der Waals surface area contributed by atoms with E-state index >= 15 is 0 Å². The van der Waals surface area contributed by atoms with E-state index in [1.807, 2.05) is 0 Å². The molecule has 0 aromatic carbocycles. The maximum atomic E-state index is 5.56. The van der Waals surface area contributed by atoms with Gasteiger partial charge in [0.1, 0.15) is 0 Å². The molecule has 8 N–H and O–H groups in total. The van der Waals surface area contributed by atoms with Gasteiger partial charge in [0.05, 0.1) is 0 Å². The van der Waals surface area contributed by atoms with Gasteiger partial charge in [0.2, 0.25) is 0 Å². The molecule has 152 valence electrons. The first-order valence-electron chi connectivity index (χ1n) is 6.53. The van der Waals surface area contributed by atoms with Gasteiger partial charge in [0, 0.05) is 52.4 Å². The van der Waals surface area contributed by atoms with Gasteiger partial charge in [-0.1, -0.05) is 0 Å². The van der Waals surface area contributed by atoms with Gasteiger partial charge in [0.25, 0.3) is 0 Å². The van der Waals surface area contributed by atoms with E-state index in [9.17, 15) is 0 Å². The third kappa shape index (κ3) is 29.6. The van der Waals surface area contributed by atoms with Crippen LogP contribution in [-0.4, -0.2) is 75.2 Å². The van der Waals surface area contributed by atoms with Crippen LogP contribution in [0.25, 0.3) is 0 Å². The summed E-state index contributed by atoms with van der Waals surface area (Å²) >= 11 is 0. The average Bonchev–Trinajstić information content (AvgIpc) is 2.30. The highest BCUT2D eigenvalue weighted by Gasteiger charge is 2.05. The van der Waals surface area contributed by atoms with Crippen LogP contribution in [0.3, 0.4) is 0 Å². The molecule has 0 rings (SSSR count). The quantitative estimate of drug-likeness (QED) is 0.241. The summed E-state index contributed by atoms with van der Waals surface area (Å²) in [6.07, 6.45) is 1.11. The van der Waals surface area contributed by atoms with Crippen LogP contribution in [0.1, 0.15) is 6.42 Å². The number of rotatable bonds is 12. The Morgan fingerprint density at radius 2 is 0.609 bits per heavy atom. The molecule has 0 atom stereocenters. The Bertz CT molecular complexity index is 146. The average molecular weight is 732 g/mol. The first-order chi connectivity index (χ1) is 8.28. The number of halogens is 6. The van der Waals surface area contributed by atoms with Crippen molar-refractivity contribution in [1.82, 2.24) is 9.80 Å². The van der Waals surface area contributed by atoms with Crippen molar-refractivity contribution in [3.8, 4) is 0 Å². The van der Waals surface area contributed by atoms with Crippen molar-refractivity contribution >= 4 is 102 Å². The zero-order valence-corrected chi connectivity index (χ0v) is 23.7. The summed E-state index contributed by atoms with van der Waals surface area (Å²) in [4.78, 5) is 4.62. The lowest BCUT2D eigenvalue weighted by Gasteiger charge is -2.24. The predicted molar refractivity (Wildman–Crippen MR) is 136 cm³/mol. The Balaban J connectivity index is -0.0000000853. The lowest BCUT2D eigenvalue weighted by molar-refractivity contribution is 0.238. The molecule has 12 heteroatoms. The minimum absolute atomic E-state index is 0. The summed E-state index contributed by atoms with van der Waals surface area (Å²) in [5, 5.41) is 0. The normalized spacial score (nSPS) is 8.61. The predicted octanol–water partition coefficient (Wildman–Crippen LogP) is 1.28. The van der Waals surface area contributed by atoms with Gasteiger partial charge >= 0.3 is 0 Å². The minimum atomic E-state index is 0. The van der Waals surface area contributed by atoms with Crippen LogP contribution < -0.4 is 22.9 Å². The minimum Gasteiger partial charge on any atom is -0.329 e. The monoisotopic (exact) mass is 726 g/mol. The second-order valence-electron chi connectivity index (χ2n) is 4.19. The van der Waals surface area contributed by atoms with Crippen molar-refractivity contribution in [2.24, 2.45) is 22.9 Å². The number of hydrogen-bond acceptors (Lipinski definition) is 6. The molecule has 0 saturated heterocycles. The van der Waals surface area contributed by atoms with E-state index in [1.165, 1.54) is 0 Å². The smallest absolute Gasteiger partial charge is 0.0105 e. The first kappa shape index (κ1) is 44.8. The summed E-state index contributed by atoms with van der Waals surface area (Å²) in [5.41, 5.74) is 22.2. The maximum Gasteiger partial charge on any atom is 0.0105 e. The molecule has 0 heterocycles. The Hall–Kier alpha value is 2.64. The maximum absolute atomic E-state index is 5.56. The molecule has 0 aliphatic rings. The van der Waals surface area contributed by atoms with E-state index in [0.717, 1.165) is 45.7 Å². The Kier molecular flexibility index (Phi) is 69.5. The fraction of sp³-hybridized carbons (Fsp3) is 1.00. The van der Waals surface area contributed by atoms with Gasteiger partial charge in [-0.2, -0.15) is 0 Å². The van der Waals surface area contributed by atoms with Crippen LogP contribution in [0.5, 0.6) is 0 Å². The molecule has 6 nitrogen and oxygen atoms in total. The zero-order valence-electron chi connectivity index (χ0n) is 13.4. The van der Waals surface area contributed by atoms with Crippen molar-refractivity contribution in [3.05, 3.63) is 0 Å². The molecule has 0 aliphatic heterocycles. The topological polar surface area (TPSA) is 111 Å². The molecule has 0 amide bonds. The zero-order chi connectivity index (χ0) is 12.9. The van der Waals surface area contributed by atoms with Crippen molar-refractivity contribution in [1.29, 1.82) is 0 Å². The fourth-order valence-corrected chi connectivity index (χ4v) is 1.92. The highest BCUT2D eigenvalue weighted by Crippen LogP contribution is 1.94. The number of hydrogen-bond donors (Lipinski definition) is 4. The van der Waals surface area contributed by atoms with Crippen LogP contribution in [0.2, 0.25) is 0 Å². The molecule has 0 radical (unpaired) electrons. The second kappa shape index (κ2) is 35.7. The molecule has 0 aliphatic carbocycles. The summed E-state index contributed by atoms with van der Waals surface area (Å²) in [6, 6.07) is 0. The molecular formula is C11H36Br6N6. The van der Waals surface area contributed by atoms with E-state index in [2.05, 4.69) is 9.80 Å². The van der Waals surface area contributed by atoms with Crippen LogP contribution in [0, 0.1) is 0 Å². The fourth-order valence-electron chi connectivity index (χ4n) is 1.92. The van der Waals surface area contributed by atoms with E-state index in [4.69, 9.17) is 22.9 Å². The Morgan fingerprint density at radius 1 is 0.391 bits per heavy atom. The van der Waals surface area contributed by atoms with Gasteiger partial charge in [-0.3, -0.25) is 0 Å². The SMILES string of the molecule is Br.Br.Br.Br.Br.Br.NCCN(CCN)CCCN(CCN)CCN. The largest absolute Gasteiger partial charge is 0.329 e. The lowest BCUT2D eigenvalue weighted by atomic mass is 10.3. The second-order valence-corrected chi connectivity index (χ2v) is 4.19. The Morgan fingerprint density at radius 3 is 0.783 bits per heavy atom. The first-order valence-corrected chi connectivity index (χ1v) is 6.53. The van der Waals surface area contributed by atoms with E-state index in [0.29, 0.717) is 26.2 Å². The summed E-state index contributed by atoms with van der Waals surface area (Å²) in [5.74, 6) is 0. The molecule has 0 spiro atoms. The van der Waals surface area contributed by atoms with Crippen molar-refractivity contribution in [3.63, 3.8) is 0 Å².